The molecule has 0 aliphatic heterocycles. The predicted octanol–water partition coefficient (Wildman–Crippen LogP) is 4.11. The molecule has 30 heavy (non-hydrogen) atoms. The van der Waals surface area contributed by atoms with Crippen LogP contribution in [0.4, 0.5) is 0 Å². The summed E-state index contributed by atoms with van der Waals surface area (Å²) in [5.41, 5.74) is 1.77. The lowest BCUT2D eigenvalue weighted by Crippen LogP contribution is -2.30. The van der Waals surface area contributed by atoms with Crippen LogP contribution in [-0.4, -0.2) is 48.9 Å². The Labute approximate surface area is 181 Å². The number of hydrogen-bond donors (Lipinski definition) is 0. The minimum atomic E-state index is -3.55. The summed E-state index contributed by atoms with van der Waals surface area (Å²) in [4.78, 5) is 0.218. The number of rotatable bonds is 10. The summed E-state index contributed by atoms with van der Waals surface area (Å²) in [5.74, 6) is 1.92. The fraction of sp³-hybridized carbons (Fsp3) is 0.333. The lowest BCUT2D eigenvalue weighted by atomic mass is 10.2. The van der Waals surface area contributed by atoms with E-state index >= 15 is 0 Å². The summed E-state index contributed by atoms with van der Waals surface area (Å²) in [6.45, 7) is 4.47. The highest BCUT2D eigenvalue weighted by Crippen LogP contribution is 2.26. The van der Waals surface area contributed by atoms with Crippen LogP contribution in [0.5, 0.6) is 5.75 Å². The molecule has 3 rings (SSSR count). The van der Waals surface area contributed by atoms with Gasteiger partial charge in [0.15, 0.2) is 0 Å². The van der Waals surface area contributed by atoms with E-state index in [2.05, 4.69) is 10.2 Å². The van der Waals surface area contributed by atoms with Crippen LogP contribution in [0, 0.1) is 0 Å². The van der Waals surface area contributed by atoms with Crippen LogP contribution in [0.3, 0.4) is 0 Å². The van der Waals surface area contributed by atoms with Crippen LogP contribution in [0.25, 0.3) is 11.5 Å². The van der Waals surface area contributed by atoms with Gasteiger partial charge in [0.25, 0.3) is 5.22 Å². The Morgan fingerprint density at radius 3 is 2.47 bits per heavy atom. The van der Waals surface area contributed by atoms with Crippen molar-refractivity contribution in [1.82, 2.24) is 14.5 Å². The van der Waals surface area contributed by atoms with Crippen LogP contribution in [0.1, 0.15) is 19.4 Å². The second kappa shape index (κ2) is 10.1. The Kier molecular flexibility index (Phi) is 7.52. The second-order valence-corrected chi connectivity index (χ2v) is 9.42. The van der Waals surface area contributed by atoms with Crippen molar-refractivity contribution >= 4 is 21.8 Å². The van der Waals surface area contributed by atoms with Crippen molar-refractivity contribution in [1.29, 1.82) is 0 Å². The van der Waals surface area contributed by atoms with E-state index in [4.69, 9.17) is 9.15 Å². The lowest BCUT2D eigenvalue weighted by molar-refractivity contribution is 0.414. The molecule has 1 aromatic heterocycles. The zero-order valence-electron chi connectivity index (χ0n) is 17.2. The van der Waals surface area contributed by atoms with Gasteiger partial charge in [0.1, 0.15) is 5.75 Å². The maximum atomic E-state index is 12.7. The van der Waals surface area contributed by atoms with Crippen molar-refractivity contribution in [2.45, 2.75) is 30.4 Å². The van der Waals surface area contributed by atoms with Gasteiger partial charge in [-0.25, -0.2) is 8.42 Å². The van der Waals surface area contributed by atoms with E-state index in [1.807, 2.05) is 38.1 Å². The van der Waals surface area contributed by atoms with Crippen molar-refractivity contribution in [3.8, 4) is 17.2 Å². The summed E-state index contributed by atoms with van der Waals surface area (Å²) >= 11 is 1.46. The summed E-state index contributed by atoms with van der Waals surface area (Å²) in [6.07, 6.45) is 0.851. The normalized spacial score (nSPS) is 11.7. The van der Waals surface area contributed by atoms with Gasteiger partial charge in [-0.15, -0.1) is 10.2 Å². The van der Waals surface area contributed by atoms with Gasteiger partial charge >= 0.3 is 0 Å². The van der Waals surface area contributed by atoms with Crippen molar-refractivity contribution < 1.29 is 17.6 Å². The number of hydrogen-bond acceptors (Lipinski definition) is 7. The average Bonchev–Trinajstić information content (AvgIpc) is 3.24. The molecule has 0 saturated heterocycles. The summed E-state index contributed by atoms with van der Waals surface area (Å²) in [7, 11) is -1.90. The maximum Gasteiger partial charge on any atom is 0.276 e. The topological polar surface area (TPSA) is 85.5 Å². The van der Waals surface area contributed by atoms with Crippen LogP contribution in [-0.2, 0) is 16.4 Å². The first-order valence-corrected chi connectivity index (χ1v) is 12.1. The number of thioether (sulfide) groups is 1. The van der Waals surface area contributed by atoms with Gasteiger partial charge in [0.05, 0.1) is 12.0 Å². The van der Waals surface area contributed by atoms with Gasteiger partial charge in [-0.2, -0.15) is 4.31 Å². The van der Waals surface area contributed by atoms with E-state index in [9.17, 15) is 8.42 Å². The first-order chi connectivity index (χ1) is 14.5. The molecule has 0 bridgehead atoms. The van der Waals surface area contributed by atoms with Crippen LogP contribution >= 0.6 is 11.8 Å². The predicted molar refractivity (Wildman–Crippen MR) is 117 cm³/mol. The number of ether oxygens (including phenoxy) is 1. The standard InChI is InChI=1S/C21H25N3O4S2/c1-4-24(5-2)30(25,26)19-8-6-7-17(15-19)20-22-23-21(28-20)29-14-13-16-9-11-18(27-3)12-10-16/h6-12,15H,4-5,13-14H2,1-3H3. The Hall–Kier alpha value is -2.36. The molecule has 160 valence electrons. The number of sulfonamides is 1. The van der Waals surface area contributed by atoms with Gasteiger partial charge in [-0.3, -0.25) is 0 Å². The minimum Gasteiger partial charge on any atom is -0.497 e. The summed E-state index contributed by atoms with van der Waals surface area (Å²) < 4.78 is 37.8. The Bertz CT molecular complexity index is 1060. The van der Waals surface area contributed by atoms with E-state index in [-0.39, 0.29) is 4.90 Å². The van der Waals surface area contributed by atoms with Crippen molar-refractivity contribution in [2.75, 3.05) is 26.0 Å². The maximum absolute atomic E-state index is 12.7. The molecule has 0 aliphatic rings. The third kappa shape index (κ3) is 5.21. The van der Waals surface area contributed by atoms with Gasteiger partial charge in [-0.1, -0.05) is 43.8 Å². The highest BCUT2D eigenvalue weighted by atomic mass is 32.2. The van der Waals surface area contributed by atoms with E-state index in [0.29, 0.717) is 29.8 Å². The molecular weight excluding hydrogens is 422 g/mol. The zero-order valence-corrected chi connectivity index (χ0v) is 18.9. The number of nitrogens with zero attached hydrogens (tertiary/aromatic N) is 3. The third-order valence-electron chi connectivity index (χ3n) is 4.61. The Morgan fingerprint density at radius 1 is 1.07 bits per heavy atom. The average molecular weight is 448 g/mol. The summed E-state index contributed by atoms with van der Waals surface area (Å²) in [6, 6.07) is 14.5. The van der Waals surface area contributed by atoms with Crippen LogP contribution in [0.2, 0.25) is 0 Å². The molecule has 0 amide bonds. The first kappa shape index (κ1) is 22.3. The van der Waals surface area contributed by atoms with E-state index in [0.717, 1.165) is 17.9 Å². The van der Waals surface area contributed by atoms with Gasteiger partial charge in [0.2, 0.25) is 15.9 Å². The molecule has 3 aromatic rings. The van der Waals surface area contributed by atoms with Crippen molar-refractivity contribution in [3.63, 3.8) is 0 Å². The number of methoxy groups -OCH3 is 1. The molecule has 0 radical (unpaired) electrons. The van der Waals surface area contributed by atoms with Gasteiger partial charge in [0, 0.05) is 24.4 Å². The number of aromatic nitrogens is 2. The fourth-order valence-electron chi connectivity index (χ4n) is 2.94. The van der Waals surface area contributed by atoms with Crippen LogP contribution < -0.4 is 4.74 Å². The molecule has 0 atom stereocenters. The first-order valence-electron chi connectivity index (χ1n) is 9.67. The zero-order chi connectivity index (χ0) is 21.6. The highest BCUT2D eigenvalue weighted by Gasteiger charge is 2.22. The smallest absolute Gasteiger partial charge is 0.276 e. The molecule has 0 unspecified atom stereocenters. The second-order valence-electron chi connectivity index (χ2n) is 6.44. The Balaban J connectivity index is 1.67. The number of benzene rings is 2. The summed E-state index contributed by atoms with van der Waals surface area (Å²) in [5, 5.41) is 8.61. The highest BCUT2D eigenvalue weighted by molar-refractivity contribution is 7.99. The lowest BCUT2D eigenvalue weighted by Gasteiger charge is -2.18. The van der Waals surface area contributed by atoms with Gasteiger partial charge < -0.3 is 9.15 Å². The molecule has 0 fully saturated rings. The largest absolute Gasteiger partial charge is 0.497 e. The molecular formula is C21H25N3O4S2. The molecule has 9 heteroatoms. The number of aryl methyl sites for hydroxylation is 1. The quantitative estimate of drug-likeness (QED) is 0.432. The molecule has 0 saturated carbocycles. The fourth-order valence-corrected chi connectivity index (χ4v) is 5.19. The van der Waals surface area contributed by atoms with E-state index in [1.54, 1.807) is 31.4 Å². The van der Waals surface area contributed by atoms with Crippen molar-refractivity contribution in [3.05, 3.63) is 54.1 Å². The molecule has 1 heterocycles. The van der Waals surface area contributed by atoms with Crippen molar-refractivity contribution in [2.24, 2.45) is 0 Å². The molecule has 0 spiro atoms. The molecule has 2 aromatic carbocycles. The monoisotopic (exact) mass is 447 g/mol. The van der Waals surface area contributed by atoms with Gasteiger partial charge in [-0.05, 0) is 42.3 Å². The minimum absolute atomic E-state index is 0.218. The molecule has 7 nitrogen and oxygen atoms in total. The van der Waals surface area contributed by atoms with Crippen LogP contribution in [0.15, 0.2) is 63.1 Å². The molecule has 0 aliphatic carbocycles. The van der Waals surface area contributed by atoms with E-state index in [1.165, 1.54) is 21.6 Å². The Morgan fingerprint density at radius 2 is 1.80 bits per heavy atom. The van der Waals surface area contributed by atoms with E-state index < -0.39 is 10.0 Å². The SMILES string of the molecule is CCN(CC)S(=O)(=O)c1cccc(-c2nnc(SCCc3ccc(OC)cc3)o2)c1. The molecule has 0 N–H and O–H groups in total. The third-order valence-corrected chi connectivity index (χ3v) is 7.47.